The lowest BCUT2D eigenvalue weighted by atomic mass is 10.1. The molecule has 108 valence electrons. The first-order chi connectivity index (χ1) is 8.73. The smallest absolute Gasteiger partial charge is 0.232 e. The predicted molar refractivity (Wildman–Crippen MR) is 79.6 cm³/mol. The Balaban J connectivity index is 2.75. The fraction of sp³-hybridized carbons (Fsp3) is 0.571. The van der Waals surface area contributed by atoms with Gasteiger partial charge in [-0.1, -0.05) is 13.0 Å². The second-order valence-corrected chi connectivity index (χ2v) is 7.82. The molecule has 3 nitrogen and oxygen atoms in total. The van der Waals surface area contributed by atoms with Gasteiger partial charge in [0.1, 0.15) is 5.75 Å². The van der Waals surface area contributed by atoms with Crippen LogP contribution in [0.4, 0.5) is 0 Å². The third kappa shape index (κ3) is 5.41. The molecule has 1 unspecified atom stereocenters. The van der Waals surface area contributed by atoms with Gasteiger partial charge in [-0.3, -0.25) is 0 Å². The van der Waals surface area contributed by atoms with Crippen molar-refractivity contribution in [3.05, 3.63) is 28.8 Å². The highest BCUT2D eigenvalue weighted by Crippen LogP contribution is 2.24. The summed E-state index contributed by atoms with van der Waals surface area (Å²) >= 11 is 0. The van der Waals surface area contributed by atoms with Crippen molar-refractivity contribution in [3.8, 4) is 5.75 Å². The van der Waals surface area contributed by atoms with Crippen LogP contribution in [0.2, 0.25) is 0 Å². The fourth-order valence-corrected chi connectivity index (χ4v) is 3.35. The first-order valence-electron chi connectivity index (χ1n) is 6.36. The van der Waals surface area contributed by atoms with Crippen LogP contribution in [-0.4, -0.2) is 20.8 Å². The van der Waals surface area contributed by atoms with E-state index in [0.717, 1.165) is 23.3 Å². The minimum Gasteiger partial charge on any atom is -0.493 e. The van der Waals surface area contributed by atoms with E-state index in [1.54, 1.807) is 0 Å². The first kappa shape index (κ1) is 16.3. The molecule has 0 bridgehead atoms. The van der Waals surface area contributed by atoms with Gasteiger partial charge in [-0.2, -0.15) is 0 Å². The Labute approximate surface area is 120 Å². The third-order valence-corrected chi connectivity index (χ3v) is 4.50. The Bertz CT molecular complexity index is 538. The van der Waals surface area contributed by atoms with Crippen molar-refractivity contribution in [2.45, 2.75) is 34.1 Å². The van der Waals surface area contributed by atoms with E-state index in [0.29, 0.717) is 6.61 Å². The topological polar surface area (TPSA) is 43.4 Å². The van der Waals surface area contributed by atoms with Gasteiger partial charge in [0.05, 0.1) is 12.4 Å². The molecule has 1 rings (SSSR count). The van der Waals surface area contributed by atoms with Crippen molar-refractivity contribution in [2.24, 2.45) is 5.92 Å². The van der Waals surface area contributed by atoms with E-state index >= 15 is 0 Å². The van der Waals surface area contributed by atoms with Gasteiger partial charge in [0, 0.05) is 16.6 Å². The maximum Gasteiger partial charge on any atom is 0.232 e. The molecule has 0 saturated carbocycles. The molecular formula is C14H21ClO3S. The van der Waals surface area contributed by atoms with Gasteiger partial charge in [-0.25, -0.2) is 8.42 Å². The zero-order valence-electron chi connectivity index (χ0n) is 11.9. The third-order valence-electron chi connectivity index (χ3n) is 3.25. The van der Waals surface area contributed by atoms with Crippen LogP contribution in [0.15, 0.2) is 12.1 Å². The highest BCUT2D eigenvalue weighted by molar-refractivity contribution is 8.13. The van der Waals surface area contributed by atoms with E-state index in [1.807, 2.05) is 33.8 Å². The average molecular weight is 305 g/mol. The van der Waals surface area contributed by atoms with E-state index in [-0.39, 0.29) is 11.7 Å². The summed E-state index contributed by atoms with van der Waals surface area (Å²) in [4.78, 5) is 0. The molecule has 0 fully saturated rings. The van der Waals surface area contributed by atoms with Crippen LogP contribution in [0.3, 0.4) is 0 Å². The second-order valence-electron chi connectivity index (χ2n) is 5.00. The molecule has 0 aliphatic carbocycles. The molecule has 1 aromatic rings. The summed E-state index contributed by atoms with van der Waals surface area (Å²) in [5.74, 6) is 0.695. The van der Waals surface area contributed by atoms with Gasteiger partial charge >= 0.3 is 0 Å². The van der Waals surface area contributed by atoms with Crippen LogP contribution in [0.1, 0.15) is 30.0 Å². The van der Waals surface area contributed by atoms with E-state index < -0.39 is 9.05 Å². The zero-order chi connectivity index (χ0) is 14.6. The number of halogens is 1. The Morgan fingerprint density at radius 2 is 1.89 bits per heavy atom. The Kier molecular flexibility index (Phi) is 5.68. The van der Waals surface area contributed by atoms with Crippen LogP contribution in [0.5, 0.6) is 5.75 Å². The van der Waals surface area contributed by atoms with Crippen molar-refractivity contribution in [3.63, 3.8) is 0 Å². The van der Waals surface area contributed by atoms with Crippen molar-refractivity contribution >= 4 is 19.7 Å². The average Bonchev–Trinajstić information content (AvgIpc) is 2.28. The van der Waals surface area contributed by atoms with Crippen LogP contribution in [-0.2, 0) is 9.05 Å². The molecule has 19 heavy (non-hydrogen) atoms. The van der Waals surface area contributed by atoms with Crippen molar-refractivity contribution in [1.29, 1.82) is 0 Å². The second kappa shape index (κ2) is 6.62. The van der Waals surface area contributed by atoms with E-state index in [4.69, 9.17) is 15.4 Å². The summed E-state index contributed by atoms with van der Waals surface area (Å²) in [5.41, 5.74) is 3.40. The van der Waals surface area contributed by atoms with E-state index in [2.05, 4.69) is 6.07 Å². The normalized spacial score (nSPS) is 13.3. The van der Waals surface area contributed by atoms with Crippen molar-refractivity contribution in [1.82, 2.24) is 0 Å². The molecule has 0 radical (unpaired) electrons. The Morgan fingerprint density at radius 3 is 2.42 bits per heavy atom. The molecule has 0 N–H and O–H groups in total. The van der Waals surface area contributed by atoms with Gasteiger partial charge in [0.25, 0.3) is 0 Å². The first-order valence-corrected chi connectivity index (χ1v) is 8.83. The van der Waals surface area contributed by atoms with Crippen LogP contribution < -0.4 is 4.74 Å². The molecule has 1 aromatic carbocycles. The molecule has 0 amide bonds. The molecule has 0 spiro atoms. The quantitative estimate of drug-likeness (QED) is 0.754. The minimum absolute atomic E-state index is 0.0467. The Hall–Kier alpha value is -0.740. The zero-order valence-corrected chi connectivity index (χ0v) is 13.4. The van der Waals surface area contributed by atoms with Crippen LogP contribution in [0, 0.1) is 26.7 Å². The molecule has 0 aliphatic heterocycles. The lowest BCUT2D eigenvalue weighted by molar-refractivity contribution is 0.256. The number of rotatable bonds is 6. The lowest BCUT2D eigenvalue weighted by Crippen LogP contribution is -2.19. The van der Waals surface area contributed by atoms with Crippen molar-refractivity contribution < 1.29 is 13.2 Å². The number of ether oxygens (including phenoxy) is 1. The van der Waals surface area contributed by atoms with E-state index in [9.17, 15) is 8.42 Å². The highest BCUT2D eigenvalue weighted by atomic mass is 35.7. The van der Waals surface area contributed by atoms with Crippen LogP contribution >= 0.6 is 10.7 Å². The van der Waals surface area contributed by atoms with Crippen LogP contribution in [0.25, 0.3) is 0 Å². The fourth-order valence-electron chi connectivity index (χ4n) is 1.92. The maximum atomic E-state index is 11.1. The number of hydrogen-bond donors (Lipinski definition) is 0. The van der Waals surface area contributed by atoms with Gasteiger partial charge in [0.2, 0.25) is 9.05 Å². The highest BCUT2D eigenvalue weighted by Gasteiger charge is 2.17. The standard InChI is InChI=1S/C14H21ClO3S/c1-5-13(9-19(15,16)17)8-18-14-7-10(2)6-11(3)12(14)4/h6-7,13H,5,8-9H2,1-4H3. The van der Waals surface area contributed by atoms with Crippen molar-refractivity contribution in [2.75, 3.05) is 12.4 Å². The summed E-state index contributed by atoms with van der Waals surface area (Å²) in [5, 5.41) is 0. The van der Waals surface area contributed by atoms with Gasteiger partial charge < -0.3 is 4.74 Å². The predicted octanol–water partition coefficient (Wildman–Crippen LogP) is 3.59. The number of hydrogen-bond acceptors (Lipinski definition) is 3. The molecule has 0 saturated heterocycles. The molecular weight excluding hydrogens is 284 g/mol. The molecule has 0 aliphatic rings. The van der Waals surface area contributed by atoms with Gasteiger partial charge in [-0.05, 0) is 49.9 Å². The summed E-state index contributed by atoms with van der Waals surface area (Å²) < 4.78 is 28.0. The monoisotopic (exact) mass is 304 g/mol. The molecule has 5 heteroatoms. The largest absolute Gasteiger partial charge is 0.493 e. The lowest BCUT2D eigenvalue weighted by Gasteiger charge is -2.17. The van der Waals surface area contributed by atoms with Gasteiger partial charge in [0.15, 0.2) is 0 Å². The van der Waals surface area contributed by atoms with E-state index in [1.165, 1.54) is 5.56 Å². The molecule has 0 heterocycles. The summed E-state index contributed by atoms with van der Waals surface area (Å²) in [6, 6.07) is 4.08. The number of aryl methyl sites for hydroxylation is 2. The maximum absolute atomic E-state index is 11.1. The molecule has 0 aromatic heterocycles. The minimum atomic E-state index is -3.47. The van der Waals surface area contributed by atoms with Gasteiger partial charge in [-0.15, -0.1) is 0 Å². The summed E-state index contributed by atoms with van der Waals surface area (Å²) in [7, 11) is 1.81. The number of benzene rings is 1. The molecule has 1 atom stereocenters. The summed E-state index contributed by atoms with van der Waals surface area (Å²) in [6.07, 6.45) is 0.718. The summed E-state index contributed by atoms with van der Waals surface area (Å²) in [6.45, 7) is 8.36. The SMILES string of the molecule is CCC(COc1cc(C)cc(C)c1C)CS(=O)(=O)Cl. The Morgan fingerprint density at radius 1 is 1.26 bits per heavy atom.